The Hall–Kier alpha value is -3.27. The summed E-state index contributed by atoms with van der Waals surface area (Å²) in [7, 11) is 0. The van der Waals surface area contributed by atoms with Crippen LogP contribution in [0.15, 0.2) is 54.9 Å². The zero-order chi connectivity index (χ0) is 15.0. The predicted octanol–water partition coefficient (Wildman–Crippen LogP) is 4.40. The molecule has 6 aromatic rings. The normalized spacial score (nSPS) is 12.3. The fraction of sp³-hybridized carbons (Fsp3) is 0. The van der Waals surface area contributed by atoms with E-state index in [-0.39, 0.29) is 0 Å². The molecule has 1 N–H and O–H groups in total. The first kappa shape index (κ1) is 11.3. The van der Waals surface area contributed by atoms with E-state index < -0.39 is 0 Å². The van der Waals surface area contributed by atoms with Gasteiger partial charge < -0.3 is 4.98 Å². The van der Waals surface area contributed by atoms with Crippen LogP contribution in [-0.4, -0.2) is 19.9 Å². The molecule has 4 heteroatoms. The average Bonchev–Trinajstić information content (AvgIpc) is 3.16. The third kappa shape index (κ3) is 1.33. The number of H-pyrrole nitrogens is 1. The molecule has 0 saturated carbocycles. The Morgan fingerprint density at radius 1 is 0.783 bits per heavy atom. The summed E-state index contributed by atoms with van der Waals surface area (Å²) in [6, 6.07) is 16.8. The minimum atomic E-state index is 0.882. The molecule has 2 heterocycles. The highest BCUT2D eigenvalue weighted by Crippen LogP contribution is 2.37. The van der Waals surface area contributed by atoms with Crippen LogP contribution in [0.25, 0.3) is 54.6 Å². The van der Waals surface area contributed by atoms with Gasteiger partial charge in [-0.05, 0) is 17.5 Å². The van der Waals surface area contributed by atoms with Gasteiger partial charge in [-0.3, -0.25) is 0 Å². The fourth-order valence-corrected chi connectivity index (χ4v) is 3.63. The molecular weight excluding hydrogens is 284 g/mol. The number of nitrogens with one attached hydrogen (secondary N) is 1. The summed E-state index contributed by atoms with van der Waals surface area (Å²) in [6.07, 6.45) is 1.59. The van der Waals surface area contributed by atoms with Crippen molar-refractivity contribution in [2.75, 3.05) is 0 Å². The Labute approximate surface area is 130 Å². The summed E-state index contributed by atoms with van der Waals surface area (Å²) >= 11 is 0. The predicted molar refractivity (Wildman–Crippen MR) is 92.9 cm³/mol. The van der Waals surface area contributed by atoms with Crippen molar-refractivity contribution in [1.82, 2.24) is 19.9 Å². The van der Waals surface area contributed by atoms with Crippen molar-refractivity contribution in [3.05, 3.63) is 54.9 Å². The zero-order valence-corrected chi connectivity index (χ0v) is 12.0. The number of nitrogens with zero attached hydrogens (tertiary/aromatic N) is 3. The summed E-state index contributed by atoms with van der Waals surface area (Å²) in [6.45, 7) is 0. The Bertz CT molecular complexity index is 1260. The summed E-state index contributed by atoms with van der Waals surface area (Å²) in [5, 5.41) is 4.94. The van der Waals surface area contributed by atoms with E-state index in [9.17, 15) is 0 Å². The molecule has 106 valence electrons. The van der Waals surface area contributed by atoms with E-state index >= 15 is 0 Å². The van der Waals surface area contributed by atoms with Crippen LogP contribution in [0, 0.1) is 0 Å². The second-order valence-electron chi connectivity index (χ2n) is 5.90. The maximum Gasteiger partial charge on any atom is 0.116 e. The number of fused-ring (bicyclic) bond motifs is 5. The number of aromatic amines is 1. The molecule has 0 aliphatic heterocycles. The van der Waals surface area contributed by atoms with Gasteiger partial charge in [0.1, 0.15) is 6.33 Å². The van der Waals surface area contributed by atoms with Crippen LogP contribution in [0.2, 0.25) is 0 Å². The second-order valence-corrected chi connectivity index (χ2v) is 5.90. The van der Waals surface area contributed by atoms with Crippen molar-refractivity contribution in [3.63, 3.8) is 0 Å². The molecule has 0 aliphatic carbocycles. The standard InChI is InChI=1S/C19H10N4/c1-3-10-4-2-6-12-17(10)11(5-1)18-19(12)23-16-8-14-13(20-9-21-14)7-15(16)22-18/h1-9,22H. The molecule has 6 rings (SSSR count). The number of hydrogen-bond acceptors (Lipinski definition) is 3. The molecule has 4 nitrogen and oxygen atoms in total. The summed E-state index contributed by atoms with van der Waals surface area (Å²) in [5.41, 5.74) is 5.78. The maximum atomic E-state index is 4.93. The highest BCUT2D eigenvalue weighted by atomic mass is 14.9. The van der Waals surface area contributed by atoms with Crippen LogP contribution in [0.1, 0.15) is 0 Å². The highest BCUT2D eigenvalue weighted by Gasteiger charge is 2.14. The fourth-order valence-electron chi connectivity index (χ4n) is 3.63. The van der Waals surface area contributed by atoms with E-state index in [2.05, 4.69) is 51.4 Å². The van der Waals surface area contributed by atoms with Gasteiger partial charge in [-0.15, -0.1) is 0 Å². The lowest BCUT2D eigenvalue weighted by Gasteiger charge is -2.00. The van der Waals surface area contributed by atoms with E-state index in [1.54, 1.807) is 6.33 Å². The van der Waals surface area contributed by atoms with E-state index in [0.717, 1.165) is 33.1 Å². The molecule has 0 radical (unpaired) electrons. The van der Waals surface area contributed by atoms with Crippen molar-refractivity contribution in [3.8, 4) is 0 Å². The van der Waals surface area contributed by atoms with Crippen molar-refractivity contribution in [2.45, 2.75) is 0 Å². The molecule has 0 spiro atoms. The molecular formula is C19H10N4. The summed E-state index contributed by atoms with van der Waals surface area (Å²) in [5.74, 6) is 0. The van der Waals surface area contributed by atoms with Crippen LogP contribution in [-0.2, 0) is 0 Å². The first-order valence-corrected chi connectivity index (χ1v) is 7.55. The summed E-state index contributed by atoms with van der Waals surface area (Å²) in [4.78, 5) is 17.0. The molecule has 2 aromatic heterocycles. The van der Waals surface area contributed by atoms with Crippen LogP contribution in [0.5, 0.6) is 0 Å². The first-order chi connectivity index (χ1) is 11.4. The SMILES string of the molecule is c1cc2cccc3c4[nH]c5cc6ncnc6cc5nc4c(c1)c23. The van der Waals surface area contributed by atoms with Crippen molar-refractivity contribution in [2.24, 2.45) is 0 Å². The Morgan fingerprint density at radius 2 is 1.57 bits per heavy atom. The van der Waals surface area contributed by atoms with E-state index in [1.807, 2.05) is 12.1 Å². The Kier molecular flexibility index (Phi) is 1.84. The maximum absolute atomic E-state index is 4.93. The molecule has 0 unspecified atom stereocenters. The lowest BCUT2D eigenvalue weighted by atomic mass is 10.1. The van der Waals surface area contributed by atoms with Gasteiger partial charge in [0.2, 0.25) is 0 Å². The molecule has 0 amide bonds. The van der Waals surface area contributed by atoms with Gasteiger partial charge in [0.05, 0.1) is 33.1 Å². The average molecular weight is 294 g/mol. The van der Waals surface area contributed by atoms with Crippen LogP contribution < -0.4 is 0 Å². The van der Waals surface area contributed by atoms with E-state index in [1.165, 1.54) is 21.5 Å². The van der Waals surface area contributed by atoms with Crippen molar-refractivity contribution < 1.29 is 0 Å². The number of imidazole rings is 1. The van der Waals surface area contributed by atoms with Gasteiger partial charge in [-0.2, -0.15) is 0 Å². The minimum absolute atomic E-state index is 0.882. The first-order valence-electron chi connectivity index (χ1n) is 7.55. The number of benzene rings is 3. The van der Waals surface area contributed by atoms with Gasteiger partial charge in [-0.1, -0.05) is 36.4 Å². The molecule has 0 fully saturated rings. The number of aromatic nitrogens is 4. The zero-order valence-electron chi connectivity index (χ0n) is 12.0. The van der Waals surface area contributed by atoms with Gasteiger partial charge in [0.25, 0.3) is 0 Å². The summed E-state index contributed by atoms with van der Waals surface area (Å²) < 4.78 is 0. The van der Waals surface area contributed by atoms with Gasteiger partial charge in [0, 0.05) is 16.2 Å². The topological polar surface area (TPSA) is 54.5 Å². The van der Waals surface area contributed by atoms with Crippen LogP contribution in [0.4, 0.5) is 0 Å². The number of hydrogen-bond donors (Lipinski definition) is 1. The lowest BCUT2D eigenvalue weighted by Crippen LogP contribution is -1.85. The minimum Gasteiger partial charge on any atom is -0.351 e. The van der Waals surface area contributed by atoms with Crippen LogP contribution >= 0.6 is 0 Å². The molecule has 0 aliphatic rings. The Morgan fingerprint density at radius 3 is 2.43 bits per heavy atom. The molecule has 0 atom stereocenters. The van der Waals surface area contributed by atoms with Gasteiger partial charge in [0.15, 0.2) is 0 Å². The van der Waals surface area contributed by atoms with Crippen LogP contribution in [0.3, 0.4) is 0 Å². The van der Waals surface area contributed by atoms with Crippen molar-refractivity contribution >= 4 is 54.6 Å². The third-order valence-electron chi connectivity index (χ3n) is 4.64. The monoisotopic (exact) mass is 294 g/mol. The van der Waals surface area contributed by atoms with Gasteiger partial charge >= 0.3 is 0 Å². The second kappa shape index (κ2) is 3.73. The smallest absolute Gasteiger partial charge is 0.116 e. The quantitative estimate of drug-likeness (QED) is 0.451. The molecule has 4 aromatic carbocycles. The van der Waals surface area contributed by atoms with Gasteiger partial charge in [-0.25, -0.2) is 15.0 Å². The highest BCUT2D eigenvalue weighted by molar-refractivity contribution is 6.28. The lowest BCUT2D eigenvalue weighted by molar-refractivity contribution is 1.34. The molecule has 0 bridgehead atoms. The third-order valence-corrected chi connectivity index (χ3v) is 4.64. The Balaban J connectivity index is 1.93. The number of rotatable bonds is 0. The van der Waals surface area contributed by atoms with Crippen molar-refractivity contribution in [1.29, 1.82) is 0 Å². The largest absolute Gasteiger partial charge is 0.351 e. The molecule has 23 heavy (non-hydrogen) atoms. The van der Waals surface area contributed by atoms with E-state index in [4.69, 9.17) is 4.98 Å². The van der Waals surface area contributed by atoms with E-state index in [0.29, 0.717) is 0 Å². The molecule has 0 saturated heterocycles.